The van der Waals surface area contributed by atoms with Crippen molar-refractivity contribution in [3.8, 4) is 0 Å². The summed E-state index contributed by atoms with van der Waals surface area (Å²) in [6.45, 7) is -0.609. The van der Waals surface area contributed by atoms with Gasteiger partial charge in [0.25, 0.3) is 0 Å². The van der Waals surface area contributed by atoms with Crippen LogP contribution in [0.1, 0.15) is 51.4 Å². The number of esters is 1. The molecule has 1 N–H and O–H groups in total. The minimum atomic E-state index is -4.92. The smallest absolute Gasteiger partial charge is 0.469 e. The Morgan fingerprint density at radius 2 is 1.44 bits per heavy atom. The molecule has 0 saturated carbocycles. The molecule has 9 heteroatoms. The summed E-state index contributed by atoms with van der Waals surface area (Å²) in [6, 6.07) is 0. The first-order chi connectivity index (χ1) is 11.7. The maximum atomic E-state index is 12.6. The first kappa shape index (κ1) is 23.4. The van der Waals surface area contributed by atoms with Gasteiger partial charge in [-0.2, -0.15) is 13.2 Å². The average molecular weight is 369 g/mol. The average Bonchev–Trinajstić information content (AvgIpc) is 2.57. The Morgan fingerprint density at radius 1 is 0.920 bits per heavy atom. The number of halogens is 3. The molecule has 0 rings (SSSR count). The zero-order valence-corrected chi connectivity index (χ0v) is 14.4. The van der Waals surface area contributed by atoms with Crippen molar-refractivity contribution < 1.29 is 37.4 Å². The van der Waals surface area contributed by atoms with E-state index in [2.05, 4.69) is 4.74 Å². The van der Waals surface area contributed by atoms with Crippen molar-refractivity contribution in [2.45, 2.75) is 57.5 Å². The van der Waals surface area contributed by atoms with Gasteiger partial charge in [0.15, 0.2) is 5.78 Å². The van der Waals surface area contributed by atoms with Gasteiger partial charge in [-0.1, -0.05) is 12.8 Å². The second kappa shape index (κ2) is 12.7. The van der Waals surface area contributed by atoms with Crippen molar-refractivity contribution in [1.29, 1.82) is 0 Å². The summed E-state index contributed by atoms with van der Waals surface area (Å²) in [6.07, 6.45) is -1.86. The molecule has 0 radical (unpaired) electrons. The molecule has 0 aromatic carbocycles. The molecule has 6 nitrogen and oxygen atoms in total. The van der Waals surface area contributed by atoms with Crippen LogP contribution in [0.25, 0.3) is 0 Å². The third-order valence-corrected chi connectivity index (χ3v) is 3.63. The monoisotopic (exact) mass is 369 g/mol. The van der Waals surface area contributed by atoms with Gasteiger partial charge in [-0.3, -0.25) is 14.4 Å². The molecule has 0 spiro atoms. The van der Waals surface area contributed by atoms with Gasteiger partial charge in [0, 0.05) is 25.9 Å². The van der Waals surface area contributed by atoms with Crippen molar-refractivity contribution >= 4 is 17.7 Å². The third kappa shape index (κ3) is 11.5. The van der Waals surface area contributed by atoms with Gasteiger partial charge in [-0.15, -0.1) is 0 Å². The van der Waals surface area contributed by atoms with Crippen LogP contribution in [-0.4, -0.2) is 60.6 Å². The molecule has 0 aliphatic carbocycles. The highest BCUT2D eigenvalue weighted by Gasteiger charge is 2.41. The van der Waals surface area contributed by atoms with Crippen molar-refractivity contribution in [1.82, 2.24) is 4.90 Å². The van der Waals surface area contributed by atoms with Gasteiger partial charge >= 0.3 is 18.1 Å². The number of alkyl halides is 3. The van der Waals surface area contributed by atoms with E-state index in [9.17, 15) is 27.6 Å². The van der Waals surface area contributed by atoms with Crippen LogP contribution >= 0.6 is 0 Å². The second-order valence-corrected chi connectivity index (χ2v) is 5.68. The van der Waals surface area contributed by atoms with Crippen LogP contribution < -0.4 is 0 Å². The number of carbonyl (C=O) groups is 3. The highest BCUT2D eigenvalue weighted by atomic mass is 19.4. The first-order valence-electron chi connectivity index (χ1n) is 8.27. The molecule has 0 unspecified atom stereocenters. The fourth-order valence-electron chi connectivity index (χ4n) is 2.23. The number of hydrogen-bond acceptors (Lipinski definition) is 5. The van der Waals surface area contributed by atoms with Crippen molar-refractivity contribution in [3.05, 3.63) is 0 Å². The number of nitrogens with zero attached hydrogens (tertiary/aromatic N) is 1. The SMILES string of the molecule is COC(=O)CCCCCN(CCCCCC(=O)CO)C(=O)C(F)(F)F. The van der Waals surface area contributed by atoms with Gasteiger partial charge < -0.3 is 14.7 Å². The van der Waals surface area contributed by atoms with E-state index in [1.54, 1.807) is 0 Å². The topological polar surface area (TPSA) is 83.9 Å². The Morgan fingerprint density at radius 3 is 1.88 bits per heavy atom. The van der Waals surface area contributed by atoms with Crippen molar-refractivity contribution in [2.75, 3.05) is 26.8 Å². The normalized spacial score (nSPS) is 11.2. The summed E-state index contributed by atoms with van der Waals surface area (Å²) in [7, 11) is 1.26. The van der Waals surface area contributed by atoms with E-state index in [-0.39, 0.29) is 37.7 Å². The summed E-state index contributed by atoms with van der Waals surface area (Å²) >= 11 is 0. The quantitative estimate of drug-likeness (QED) is 0.398. The number of ketones is 1. The van der Waals surface area contributed by atoms with Crippen LogP contribution in [0.15, 0.2) is 0 Å². The number of hydrogen-bond donors (Lipinski definition) is 1. The number of methoxy groups -OCH3 is 1. The number of aliphatic hydroxyl groups is 1. The van der Waals surface area contributed by atoms with Crippen LogP contribution in [0, 0.1) is 0 Å². The fourth-order valence-corrected chi connectivity index (χ4v) is 2.23. The largest absolute Gasteiger partial charge is 0.471 e. The number of Topliss-reactive ketones (excluding diaryl/α,β-unsaturated/α-hetero) is 1. The van der Waals surface area contributed by atoms with E-state index in [4.69, 9.17) is 5.11 Å². The van der Waals surface area contributed by atoms with Gasteiger partial charge in [0.2, 0.25) is 0 Å². The van der Waals surface area contributed by atoms with E-state index < -0.39 is 18.7 Å². The summed E-state index contributed by atoms with van der Waals surface area (Å²) in [5.74, 6) is -2.55. The van der Waals surface area contributed by atoms with Crippen molar-refractivity contribution in [3.63, 3.8) is 0 Å². The Hall–Kier alpha value is -1.64. The van der Waals surface area contributed by atoms with Crippen LogP contribution in [-0.2, 0) is 19.1 Å². The highest BCUT2D eigenvalue weighted by molar-refractivity contribution is 5.81. The fraction of sp³-hybridized carbons (Fsp3) is 0.812. The lowest BCUT2D eigenvalue weighted by Crippen LogP contribution is -2.42. The molecule has 0 atom stereocenters. The first-order valence-corrected chi connectivity index (χ1v) is 8.27. The zero-order valence-electron chi connectivity index (χ0n) is 14.4. The zero-order chi connectivity index (χ0) is 19.3. The Balaban J connectivity index is 4.22. The van der Waals surface area contributed by atoms with E-state index in [0.717, 1.165) is 4.90 Å². The molecule has 0 heterocycles. The van der Waals surface area contributed by atoms with Crippen LogP contribution in [0.4, 0.5) is 13.2 Å². The van der Waals surface area contributed by atoms with E-state index in [0.29, 0.717) is 38.5 Å². The van der Waals surface area contributed by atoms with E-state index in [1.165, 1.54) is 7.11 Å². The van der Waals surface area contributed by atoms with E-state index >= 15 is 0 Å². The van der Waals surface area contributed by atoms with Crippen LogP contribution in [0.2, 0.25) is 0 Å². The lowest BCUT2D eigenvalue weighted by atomic mass is 10.1. The molecule has 0 bridgehead atoms. The molecule has 0 fully saturated rings. The molecule has 25 heavy (non-hydrogen) atoms. The molecular formula is C16H26F3NO5. The van der Waals surface area contributed by atoms with Gasteiger partial charge in [0.1, 0.15) is 6.61 Å². The second-order valence-electron chi connectivity index (χ2n) is 5.68. The summed E-state index contributed by atoms with van der Waals surface area (Å²) in [4.78, 5) is 34.1. The molecule has 0 saturated heterocycles. The number of amides is 1. The Kier molecular flexibility index (Phi) is 11.9. The van der Waals surface area contributed by atoms with Crippen molar-refractivity contribution in [2.24, 2.45) is 0 Å². The molecule has 0 aliphatic heterocycles. The molecule has 0 aromatic heterocycles. The predicted molar refractivity (Wildman–Crippen MR) is 83.7 cm³/mol. The Bertz CT molecular complexity index is 400. The molecule has 146 valence electrons. The molecule has 0 aromatic rings. The Labute approximate surface area is 145 Å². The number of unbranched alkanes of at least 4 members (excludes halogenated alkanes) is 4. The number of ether oxygens (including phenoxy) is 1. The van der Waals surface area contributed by atoms with Crippen LogP contribution in [0.5, 0.6) is 0 Å². The minimum Gasteiger partial charge on any atom is -0.469 e. The number of aliphatic hydroxyl groups excluding tert-OH is 1. The molecule has 1 amide bonds. The summed E-state index contributed by atoms with van der Waals surface area (Å²) < 4.78 is 42.4. The van der Waals surface area contributed by atoms with Gasteiger partial charge in [0.05, 0.1) is 7.11 Å². The lowest BCUT2D eigenvalue weighted by Gasteiger charge is -2.23. The third-order valence-electron chi connectivity index (χ3n) is 3.63. The summed E-state index contributed by atoms with van der Waals surface area (Å²) in [5.41, 5.74) is 0. The maximum absolute atomic E-state index is 12.6. The molecule has 0 aliphatic rings. The summed E-state index contributed by atoms with van der Waals surface area (Å²) in [5, 5.41) is 8.58. The number of rotatable bonds is 13. The predicted octanol–water partition coefficient (Wildman–Crippen LogP) is 2.23. The lowest BCUT2D eigenvalue weighted by molar-refractivity contribution is -0.185. The highest BCUT2D eigenvalue weighted by Crippen LogP contribution is 2.19. The minimum absolute atomic E-state index is 0.0327. The van der Waals surface area contributed by atoms with Gasteiger partial charge in [-0.25, -0.2) is 0 Å². The standard InChI is InChI=1S/C16H26F3NO5/c1-25-14(23)9-5-3-7-11-20(15(24)16(17,18)19)10-6-2-4-8-13(22)12-21/h21H,2-12H2,1H3. The molecular weight excluding hydrogens is 343 g/mol. The van der Waals surface area contributed by atoms with Gasteiger partial charge in [-0.05, 0) is 25.7 Å². The maximum Gasteiger partial charge on any atom is 0.471 e. The number of carbonyl (C=O) groups excluding carboxylic acids is 3. The van der Waals surface area contributed by atoms with E-state index in [1.807, 2.05) is 0 Å². The van der Waals surface area contributed by atoms with Crippen LogP contribution in [0.3, 0.4) is 0 Å².